The lowest BCUT2D eigenvalue weighted by atomic mass is 10.1. The number of hydrogen-bond donors (Lipinski definition) is 2. The number of aryl methyl sites for hydroxylation is 1. The minimum atomic E-state index is -0.827. The number of amides is 1. The average molecular weight is 285 g/mol. The van der Waals surface area contributed by atoms with E-state index in [9.17, 15) is 14.9 Å². The maximum absolute atomic E-state index is 12.1. The number of anilines is 1. The monoisotopic (exact) mass is 285 g/mol. The number of carbonyl (C=O) groups excluding carboxylic acids is 1. The summed E-state index contributed by atoms with van der Waals surface area (Å²) in [5, 5.41) is 13.5. The highest BCUT2D eigenvalue weighted by Gasteiger charge is 2.17. The Morgan fingerprint density at radius 1 is 1.24 bits per heavy atom. The van der Waals surface area contributed by atoms with Crippen LogP contribution >= 0.6 is 0 Å². The van der Waals surface area contributed by atoms with E-state index in [1.165, 1.54) is 6.07 Å². The van der Waals surface area contributed by atoms with Crippen molar-refractivity contribution in [3.8, 4) is 0 Å². The number of nitrogens with zero attached hydrogens (tertiary/aromatic N) is 1. The van der Waals surface area contributed by atoms with E-state index in [1.54, 1.807) is 43.3 Å². The molecule has 0 heterocycles. The molecule has 0 aromatic heterocycles. The smallest absolute Gasteiger partial charge is 0.274 e. The zero-order valence-corrected chi connectivity index (χ0v) is 11.4. The summed E-state index contributed by atoms with van der Waals surface area (Å²) in [6.07, 6.45) is 0. The molecule has 0 aliphatic rings. The van der Waals surface area contributed by atoms with Gasteiger partial charge in [-0.25, -0.2) is 0 Å². The van der Waals surface area contributed by atoms with E-state index < -0.39 is 16.9 Å². The molecule has 0 bridgehead atoms. The first-order chi connectivity index (χ1) is 9.99. The number of benzene rings is 2. The van der Waals surface area contributed by atoms with Crippen molar-refractivity contribution < 1.29 is 9.72 Å². The molecular formula is C15H15N3O3. The first-order valence-electron chi connectivity index (χ1n) is 6.35. The predicted octanol–water partition coefficient (Wildman–Crippen LogP) is 2.54. The fraction of sp³-hybridized carbons (Fsp3) is 0.133. The molecule has 0 saturated carbocycles. The molecular weight excluding hydrogens is 270 g/mol. The highest BCUT2D eigenvalue weighted by Crippen LogP contribution is 2.23. The second-order valence-corrected chi connectivity index (χ2v) is 4.64. The SMILES string of the molecule is Cc1ccc(NC(=O)[C@@H](N)c2ccccc2)cc1[N+](=O)[O-]. The van der Waals surface area contributed by atoms with E-state index in [4.69, 9.17) is 5.73 Å². The van der Waals surface area contributed by atoms with Crippen LogP contribution in [0.3, 0.4) is 0 Å². The van der Waals surface area contributed by atoms with E-state index in [0.717, 1.165) is 0 Å². The lowest BCUT2D eigenvalue weighted by Gasteiger charge is -2.12. The molecule has 108 valence electrons. The summed E-state index contributed by atoms with van der Waals surface area (Å²) in [6.45, 7) is 1.64. The minimum absolute atomic E-state index is 0.0407. The molecule has 3 N–H and O–H groups in total. The Hall–Kier alpha value is -2.73. The second-order valence-electron chi connectivity index (χ2n) is 4.64. The van der Waals surface area contributed by atoms with Gasteiger partial charge in [-0.2, -0.15) is 0 Å². The van der Waals surface area contributed by atoms with Crippen LogP contribution in [0.2, 0.25) is 0 Å². The maximum Gasteiger partial charge on any atom is 0.274 e. The molecule has 1 amide bonds. The Labute approximate surface area is 121 Å². The topological polar surface area (TPSA) is 98.3 Å². The second kappa shape index (κ2) is 6.15. The Morgan fingerprint density at radius 2 is 1.90 bits per heavy atom. The molecule has 21 heavy (non-hydrogen) atoms. The van der Waals surface area contributed by atoms with E-state index in [1.807, 2.05) is 6.07 Å². The van der Waals surface area contributed by atoms with Gasteiger partial charge < -0.3 is 11.1 Å². The van der Waals surface area contributed by atoms with Gasteiger partial charge in [0.15, 0.2) is 0 Å². The van der Waals surface area contributed by atoms with Crippen LogP contribution in [-0.2, 0) is 4.79 Å². The van der Waals surface area contributed by atoms with Gasteiger partial charge in [-0.3, -0.25) is 14.9 Å². The number of nitro benzene ring substituents is 1. The number of nitrogens with one attached hydrogen (secondary N) is 1. The number of nitrogens with two attached hydrogens (primary N) is 1. The van der Waals surface area contributed by atoms with Crippen molar-refractivity contribution in [2.45, 2.75) is 13.0 Å². The van der Waals surface area contributed by atoms with Crippen LogP contribution in [0, 0.1) is 17.0 Å². The van der Waals surface area contributed by atoms with Crippen molar-refractivity contribution in [2.24, 2.45) is 5.73 Å². The van der Waals surface area contributed by atoms with Gasteiger partial charge >= 0.3 is 0 Å². The fourth-order valence-electron chi connectivity index (χ4n) is 1.92. The average Bonchev–Trinajstić information content (AvgIpc) is 2.49. The van der Waals surface area contributed by atoms with E-state index in [-0.39, 0.29) is 5.69 Å². The fourth-order valence-corrected chi connectivity index (χ4v) is 1.92. The van der Waals surface area contributed by atoms with Gasteiger partial charge in [0.25, 0.3) is 5.69 Å². The molecule has 0 saturated heterocycles. The lowest BCUT2D eigenvalue weighted by Crippen LogP contribution is -2.27. The first kappa shape index (κ1) is 14.7. The van der Waals surface area contributed by atoms with Gasteiger partial charge in [0, 0.05) is 17.3 Å². The largest absolute Gasteiger partial charge is 0.324 e. The Kier molecular flexibility index (Phi) is 4.30. The molecule has 6 nitrogen and oxygen atoms in total. The third-order valence-electron chi connectivity index (χ3n) is 3.11. The van der Waals surface area contributed by atoms with Gasteiger partial charge in [-0.1, -0.05) is 36.4 Å². The summed E-state index contributed by atoms with van der Waals surface area (Å²) in [4.78, 5) is 22.5. The predicted molar refractivity (Wildman–Crippen MR) is 79.8 cm³/mol. The summed E-state index contributed by atoms with van der Waals surface area (Å²) in [5.41, 5.74) is 7.39. The molecule has 1 atom stereocenters. The summed E-state index contributed by atoms with van der Waals surface area (Å²) < 4.78 is 0. The van der Waals surface area contributed by atoms with Gasteiger partial charge in [-0.05, 0) is 18.6 Å². The molecule has 0 aliphatic heterocycles. The number of rotatable bonds is 4. The lowest BCUT2D eigenvalue weighted by molar-refractivity contribution is -0.385. The van der Waals surface area contributed by atoms with Crippen LogP contribution in [0.1, 0.15) is 17.2 Å². The Balaban J connectivity index is 2.16. The molecule has 2 rings (SSSR count). The zero-order valence-electron chi connectivity index (χ0n) is 11.4. The molecule has 0 radical (unpaired) electrons. The standard InChI is InChI=1S/C15H15N3O3/c1-10-7-8-12(9-13(10)18(20)21)17-15(19)14(16)11-5-3-2-4-6-11/h2-9,14H,16H2,1H3,(H,17,19)/t14-/m0/s1. The molecule has 0 unspecified atom stereocenters. The molecule has 2 aromatic carbocycles. The van der Waals surface area contributed by atoms with Gasteiger partial charge in [0.2, 0.25) is 5.91 Å². The quantitative estimate of drug-likeness (QED) is 0.666. The highest BCUT2D eigenvalue weighted by atomic mass is 16.6. The summed E-state index contributed by atoms with van der Waals surface area (Å²) in [6, 6.07) is 12.6. The maximum atomic E-state index is 12.1. The van der Waals surface area contributed by atoms with Crippen molar-refractivity contribution in [2.75, 3.05) is 5.32 Å². The number of carbonyl (C=O) groups is 1. The van der Waals surface area contributed by atoms with E-state index in [0.29, 0.717) is 16.8 Å². The number of nitro groups is 1. The molecule has 2 aromatic rings. The first-order valence-corrected chi connectivity index (χ1v) is 6.35. The van der Waals surface area contributed by atoms with Crippen molar-refractivity contribution in [3.63, 3.8) is 0 Å². The summed E-state index contributed by atoms with van der Waals surface area (Å²) >= 11 is 0. The minimum Gasteiger partial charge on any atom is -0.324 e. The van der Waals surface area contributed by atoms with Crippen LogP contribution in [0.4, 0.5) is 11.4 Å². The highest BCUT2D eigenvalue weighted by molar-refractivity contribution is 5.95. The van der Waals surface area contributed by atoms with Gasteiger partial charge in [0.1, 0.15) is 6.04 Å². The number of hydrogen-bond acceptors (Lipinski definition) is 4. The zero-order chi connectivity index (χ0) is 15.4. The van der Waals surface area contributed by atoms with Crippen molar-refractivity contribution in [1.29, 1.82) is 0 Å². The molecule has 6 heteroatoms. The Bertz CT molecular complexity index is 671. The van der Waals surface area contributed by atoms with Crippen molar-refractivity contribution >= 4 is 17.3 Å². The third kappa shape index (κ3) is 3.43. The van der Waals surface area contributed by atoms with Crippen molar-refractivity contribution in [3.05, 3.63) is 69.8 Å². The van der Waals surface area contributed by atoms with E-state index >= 15 is 0 Å². The van der Waals surface area contributed by atoms with Crippen LogP contribution < -0.4 is 11.1 Å². The Morgan fingerprint density at radius 3 is 2.52 bits per heavy atom. The van der Waals surface area contributed by atoms with Crippen molar-refractivity contribution in [1.82, 2.24) is 0 Å². The van der Waals surface area contributed by atoms with Crippen LogP contribution in [-0.4, -0.2) is 10.8 Å². The van der Waals surface area contributed by atoms with Gasteiger partial charge in [-0.15, -0.1) is 0 Å². The third-order valence-corrected chi connectivity index (χ3v) is 3.11. The normalized spacial score (nSPS) is 11.7. The van der Waals surface area contributed by atoms with E-state index in [2.05, 4.69) is 5.32 Å². The molecule has 0 fully saturated rings. The summed E-state index contributed by atoms with van der Waals surface area (Å²) in [5.74, 6) is -0.417. The van der Waals surface area contributed by atoms with Crippen LogP contribution in [0.25, 0.3) is 0 Å². The van der Waals surface area contributed by atoms with Gasteiger partial charge in [0.05, 0.1) is 4.92 Å². The molecule has 0 spiro atoms. The molecule has 0 aliphatic carbocycles. The van der Waals surface area contributed by atoms with Crippen LogP contribution in [0.15, 0.2) is 48.5 Å². The summed E-state index contributed by atoms with van der Waals surface area (Å²) in [7, 11) is 0. The van der Waals surface area contributed by atoms with Crippen LogP contribution in [0.5, 0.6) is 0 Å².